The van der Waals surface area contributed by atoms with Crippen LogP contribution in [0.5, 0.6) is 0 Å². The first-order valence-electron chi connectivity index (χ1n) is 4.18. The maximum atomic E-state index is 3.51. The monoisotopic (exact) mass is 244 g/mol. The van der Waals surface area contributed by atoms with Crippen molar-refractivity contribution in [1.82, 2.24) is 0 Å². The molecule has 0 atom stereocenters. The van der Waals surface area contributed by atoms with Gasteiger partial charge in [-0.2, -0.15) is 0 Å². The zero-order valence-corrected chi connectivity index (χ0v) is 9.83. The lowest BCUT2D eigenvalue weighted by Crippen LogP contribution is -1.82. The SMILES string of the molecule is CCSc1cc(Br)cc(CC)c1. The number of hydrogen-bond acceptors (Lipinski definition) is 1. The second kappa shape index (κ2) is 4.93. The third-order valence-corrected chi connectivity index (χ3v) is 2.97. The fourth-order valence-corrected chi connectivity index (χ4v) is 2.55. The highest BCUT2D eigenvalue weighted by molar-refractivity contribution is 9.10. The lowest BCUT2D eigenvalue weighted by Gasteiger charge is -2.03. The van der Waals surface area contributed by atoms with Gasteiger partial charge in [0, 0.05) is 9.37 Å². The Balaban J connectivity index is 2.90. The molecule has 0 aliphatic carbocycles. The third kappa shape index (κ3) is 2.83. The maximum absolute atomic E-state index is 3.51. The molecule has 0 aliphatic rings. The van der Waals surface area contributed by atoms with Crippen LogP contribution < -0.4 is 0 Å². The van der Waals surface area contributed by atoms with Crippen molar-refractivity contribution in [3.63, 3.8) is 0 Å². The Labute approximate surface area is 86.9 Å². The van der Waals surface area contributed by atoms with Crippen molar-refractivity contribution in [3.8, 4) is 0 Å². The number of thioether (sulfide) groups is 1. The van der Waals surface area contributed by atoms with E-state index in [1.807, 2.05) is 11.8 Å². The van der Waals surface area contributed by atoms with Crippen LogP contribution in [-0.4, -0.2) is 5.75 Å². The lowest BCUT2D eigenvalue weighted by molar-refractivity contribution is 1.12. The normalized spacial score (nSPS) is 10.2. The first kappa shape index (κ1) is 10.1. The van der Waals surface area contributed by atoms with Gasteiger partial charge in [-0.15, -0.1) is 11.8 Å². The molecule has 0 bridgehead atoms. The Hall–Kier alpha value is 0.0500. The molecule has 1 aromatic carbocycles. The number of hydrogen-bond donors (Lipinski definition) is 0. The summed E-state index contributed by atoms with van der Waals surface area (Å²) in [4.78, 5) is 1.36. The van der Waals surface area contributed by atoms with E-state index in [9.17, 15) is 0 Å². The minimum absolute atomic E-state index is 1.11. The van der Waals surface area contributed by atoms with Crippen molar-refractivity contribution < 1.29 is 0 Å². The van der Waals surface area contributed by atoms with Gasteiger partial charge in [0.25, 0.3) is 0 Å². The number of halogens is 1. The van der Waals surface area contributed by atoms with Crippen molar-refractivity contribution in [2.45, 2.75) is 25.2 Å². The second-order valence-electron chi connectivity index (χ2n) is 2.58. The molecule has 2 heteroatoms. The molecule has 1 aromatic rings. The molecule has 0 spiro atoms. The van der Waals surface area contributed by atoms with E-state index in [-0.39, 0.29) is 0 Å². The summed E-state index contributed by atoms with van der Waals surface area (Å²) in [7, 11) is 0. The van der Waals surface area contributed by atoms with Crippen molar-refractivity contribution in [1.29, 1.82) is 0 Å². The Morgan fingerprint density at radius 2 is 2.00 bits per heavy atom. The summed E-state index contributed by atoms with van der Waals surface area (Å²) in [6.07, 6.45) is 1.11. The van der Waals surface area contributed by atoms with E-state index >= 15 is 0 Å². The number of aryl methyl sites for hydroxylation is 1. The van der Waals surface area contributed by atoms with Gasteiger partial charge in [-0.05, 0) is 35.9 Å². The number of rotatable bonds is 3. The Morgan fingerprint density at radius 1 is 1.25 bits per heavy atom. The smallest absolute Gasteiger partial charge is 0.0189 e. The van der Waals surface area contributed by atoms with E-state index < -0.39 is 0 Å². The van der Waals surface area contributed by atoms with Gasteiger partial charge < -0.3 is 0 Å². The quantitative estimate of drug-likeness (QED) is 0.722. The molecule has 66 valence electrons. The van der Waals surface area contributed by atoms with Crippen molar-refractivity contribution in [2.75, 3.05) is 5.75 Å². The maximum Gasteiger partial charge on any atom is 0.0189 e. The molecule has 0 amide bonds. The zero-order chi connectivity index (χ0) is 8.97. The van der Waals surface area contributed by atoms with Gasteiger partial charge in [0.2, 0.25) is 0 Å². The van der Waals surface area contributed by atoms with Crippen LogP contribution in [0.4, 0.5) is 0 Å². The van der Waals surface area contributed by atoms with Crippen LogP contribution in [-0.2, 0) is 6.42 Å². The van der Waals surface area contributed by atoms with Crippen LogP contribution in [0.1, 0.15) is 19.4 Å². The number of benzene rings is 1. The van der Waals surface area contributed by atoms with Crippen LogP contribution >= 0.6 is 27.7 Å². The van der Waals surface area contributed by atoms with E-state index in [1.165, 1.54) is 14.9 Å². The van der Waals surface area contributed by atoms with Gasteiger partial charge in [0.15, 0.2) is 0 Å². The highest BCUT2D eigenvalue weighted by Gasteiger charge is 1.97. The van der Waals surface area contributed by atoms with E-state index in [2.05, 4.69) is 48.0 Å². The van der Waals surface area contributed by atoms with E-state index in [1.54, 1.807) is 0 Å². The van der Waals surface area contributed by atoms with Gasteiger partial charge in [-0.25, -0.2) is 0 Å². The van der Waals surface area contributed by atoms with E-state index in [0.29, 0.717) is 0 Å². The largest absolute Gasteiger partial charge is 0.126 e. The average molecular weight is 245 g/mol. The predicted molar refractivity (Wildman–Crippen MR) is 59.9 cm³/mol. The molecule has 0 fully saturated rings. The fourth-order valence-electron chi connectivity index (χ4n) is 1.07. The lowest BCUT2D eigenvalue weighted by atomic mass is 10.2. The molecule has 0 aromatic heterocycles. The van der Waals surface area contributed by atoms with Crippen LogP contribution in [0.3, 0.4) is 0 Å². The molecule has 0 heterocycles. The van der Waals surface area contributed by atoms with Crippen molar-refractivity contribution in [3.05, 3.63) is 28.2 Å². The van der Waals surface area contributed by atoms with Crippen LogP contribution in [0.2, 0.25) is 0 Å². The van der Waals surface area contributed by atoms with Crippen LogP contribution in [0.25, 0.3) is 0 Å². The summed E-state index contributed by atoms with van der Waals surface area (Å²) in [6.45, 7) is 4.36. The summed E-state index contributed by atoms with van der Waals surface area (Å²) >= 11 is 5.40. The van der Waals surface area contributed by atoms with Gasteiger partial charge >= 0.3 is 0 Å². The fraction of sp³-hybridized carbons (Fsp3) is 0.400. The van der Waals surface area contributed by atoms with Gasteiger partial charge in [0.1, 0.15) is 0 Å². The van der Waals surface area contributed by atoms with Crippen molar-refractivity contribution in [2.24, 2.45) is 0 Å². The Kier molecular flexibility index (Phi) is 4.16. The summed E-state index contributed by atoms with van der Waals surface area (Å²) < 4.78 is 1.19. The summed E-state index contributed by atoms with van der Waals surface area (Å²) in [5.41, 5.74) is 1.40. The predicted octanol–water partition coefficient (Wildman–Crippen LogP) is 4.12. The molecular formula is C10H13BrS. The standard InChI is InChI=1S/C10H13BrS/c1-3-8-5-9(11)7-10(6-8)12-4-2/h5-7H,3-4H2,1-2H3. The van der Waals surface area contributed by atoms with E-state index in [0.717, 1.165) is 12.2 Å². The minimum atomic E-state index is 1.11. The third-order valence-electron chi connectivity index (χ3n) is 1.65. The van der Waals surface area contributed by atoms with Crippen LogP contribution in [0, 0.1) is 0 Å². The molecule has 0 radical (unpaired) electrons. The molecule has 0 aliphatic heterocycles. The average Bonchev–Trinajstić information content (AvgIpc) is 2.04. The molecular weight excluding hydrogens is 232 g/mol. The molecule has 0 N–H and O–H groups in total. The first-order valence-corrected chi connectivity index (χ1v) is 5.96. The topological polar surface area (TPSA) is 0 Å². The van der Waals surface area contributed by atoms with Gasteiger partial charge in [-0.1, -0.05) is 29.8 Å². The molecule has 0 unspecified atom stereocenters. The molecule has 0 saturated heterocycles. The molecule has 12 heavy (non-hydrogen) atoms. The van der Waals surface area contributed by atoms with Crippen LogP contribution in [0.15, 0.2) is 27.6 Å². The summed E-state index contributed by atoms with van der Waals surface area (Å²) in [5, 5.41) is 0. The highest BCUT2D eigenvalue weighted by atomic mass is 79.9. The van der Waals surface area contributed by atoms with Crippen molar-refractivity contribution >= 4 is 27.7 Å². The Morgan fingerprint density at radius 3 is 2.58 bits per heavy atom. The second-order valence-corrected chi connectivity index (χ2v) is 4.83. The zero-order valence-electron chi connectivity index (χ0n) is 7.43. The first-order chi connectivity index (χ1) is 5.76. The molecule has 0 nitrogen and oxygen atoms in total. The summed E-state index contributed by atoms with van der Waals surface area (Å²) in [5.74, 6) is 1.14. The van der Waals surface area contributed by atoms with Gasteiger partial charge in [-0.3, -0.25) is 0 Å². The minimum Gasteiger partial charge on any atom is -0.126 e. The molecule has 0 saturated carbocycles. The Bertz CT molecular complexity index is 258. The van der Waals surface area contributed by atoms with Gasteiger partial charge in [0.05, 0.1) is 0 Å². The molecule has 1 rings (SSSR count). The highest BCUT2D eigenvalue weighted by Crippen LogP contribution is 2.24. The summed E-state index contributed by atoms with van der Waals surface area (Å²) in [6, 6.07) is 6.62. The van der Waals surface area contributed by atoms with E-state index in [4.69, 9.17) is 0 Å².